The Morgan fingerprint density at radius 2 is 2.05 bits per heavy atom. The molecule has 0 spiro atoms. The highest BCUT2D eigenvalue weighted by Crippen LogP contribution is 2.31. The Morgan fingerprint density at radius 1 is 1.35 bits per heavy atom. The first-order valence-corrected chi connectivity index (χ1v) is 7.70. The minimum absolute atomic E-state index is 0.0787. The number of aromatic nitrogens is 1. The van der Waals surface area contributed by atoms with Gasteiger partial charge in [0.25, 0.3) is 0 Å². The fourth-order valence-corrected chi connectivity index (χ4v) is 2.93. The van der Waals surface area contributed by atoms with Crippen LogP contribution in [0.25, 0.3) is 0 Å². The molecule has 6 nitrogen and oxygen atoms in total. The highest BCUT2D eigenvalue weighted by Gasteiger charge is 2.29. The van der Waals surface area contributed by atoms with Crippen molar-refractivity contribution in [1.29, 1.82) is 0 Å². The first-order valence-electron chi connectivity index (χ1n) is 6.91. The van der Waals surface area contributed by atoms with Crippen molar-refractivity contribution >= 4 is 27.4 Å². The average Bonchev–Trinajstić information content (AvgIpc) is 3.24. The van der Waals surface area contributed by atoms with Gasteiger partial charge < -0.3 is 4.90 Å². The Morgan fingerprint density at radius 3 is 2.65 bits per heavy atom. The summed E-state index contributed by atoms with van der Waals surface area (Å²) in [6.07, 6.45) is 4.35. The topological polar surface area (TPSA) is 62.5 Å². The highest BCUT2D eigenvalue weighted by atomic mass is 79.9. The number of pyridine rings is 1. The van der Waals surface area contributed by atoms with Crippen LogP contribution in [0.5, 0.6) is 0 Å². The number of nitrogens with zero attached hydrogens (tertiary/aromatic N) is 4. The molecule has 1 saturated carbocycles. The number of anilines is 1. The van der Waals surface area contributed by atoms with Crippen molar-refractivity contribution in [1.82, 2.24) is 9.88 Å². The Labute approximate surface area is 126 Å². The Kier molecular flexibility index (Phi) is 3.89. The number of nitro groups is 1. The van der Waals surface area contributed by atoms with Crippen molar-refractivity contribution in [3.05, 3.63) is 26.9 Å². The summed E-state index contributed by atoms with van der Waals surface area (Å²) < 4.78 is 0.639. The second kappa shape index (κ2) is 5.65. The van der Waals surface area contributed by atoms with Gasteiger partial charge in [0.15, 0.2) is 0 Å². The molecule has 0 radical (unpaired) electrons. The summed E-state index contributed by atoms with van der Waals surface area (Å²) in [5.74, 6) is 1.38. The predicted molar refractivity (Wildman–Crippen MR) is 80.0 cm³/mol. The van der Waals surface area contributed by atoms with Gasteiger partial charge in [-0.1, -0.05) is 0 Å². The molecule has 0 aromatic carbocycles. The van der Waals surface area contributed by atoms with Crippen molar-refractivity contribution < 1.29 is 4.92 Å². The van der Waals surface area contributed by atoms with E-state index >= 15 is 0 Å². The third-order valence-corrected chi connectivity index (χ3v) is 4.33. The van der Waals surface area contributed by atoms with Crippen LogP contribution in [0.15, 0.2) is 16.7 Å². The lowest BCUT2D eigenvalue weighted by atomic mass is 10.2. The first-order chi connectivity index (χ1) is 9.63. The number of halogens is 1. The first kappa shape index (κ1) is 13.8. The van der Waals surface area contributed by atoms with Gasteiger partial charge in [0.1, 0.15) is 0 Å². The molecule has 0 amide bonds. The summed E-state index contributed by atoms with van der Waals surface area (Å²) in [7, 11) is 0. The molecule has 2 fully saturated rings. The van der Waals surface area contributed by atoms with Crippen molar-refractivity contribution in [2.75, 3.05) is 37.6 Å². The number of hydrogen-bond acceptors (Lipinski definition) is 5. The lowest BCUT2D eigenvalue weighted by Gasteiger charge is -2.35. The van der Waals surface area contributed by atoms with Gasteiger partial charge in [0.05, 0.1) is 4.92 Å². The molecule has 0 bridgehead atoms. The normalized spacial score (nSPS) is 20.1. The van der Waals surface area contributed by atoms with Crippen LogP contribution in [0.3, 0.4) is 0 Å². The van der Waals surface area contributed by atoms with E-state index in [4.69, 9.17) is 0 Å². The summed E-state index contributed by atoms with van der Waals surface area (Å²) in [5, 5.41) is 11.1. The molecular formula is C13H17BrN4O2. The molecular weight excluding hydrogens is 324 g/mol. The summed E-state index contributed by atoms with van der Waals surface area (Å²) in [6, 6.07) is 1.53. The van der Waals surface area contributed by atoms with Crippen LogP contribution in [0, 0.1) is 16.0 Å². The summed E-state index contributed by atoms with van der Waals surface area (Å²) in [5.41, 5.74) is 0.0787. The maximum atomic E-state index is 11.1. The largest absolute Gasteiger partial charge is 0.348 e. The van der Waals surface area contributed by atoms with Crippen molar-refractivity contribution in [2.45, 2.75) is 12.8 Å². The molecule has 2 aliphatic rings. The molecule has 0 N–H and O–H groups in total. The fourth-order valence-electron chi connectivity index (χ4n) is 2.61. The van der Waals surface area contributed by atoms with Gasteiger partial charge in [-0.3, -0.25) is 15.0 Å². The van der Waals surface area contributed by atoms with Gasteiger partial charge >= 0.3 is 5.69 Å². The van der Waals surface area contributed by atoms with Crippen LogP contribution in [0.2, 0.25) is 0 Å². The molecule has 0 atom stereocenters. The van der Waals surface area contributed by atoms with Gasteiger partial charge in [-0.2, -0.15) is 0 Å². The number of piperazine rings is 1. The summed E-state index contributed by atoms with van der Waals surface area (Å²) >= 11 is 3.24. The fraction of sp³-hybridized carbons (Fsp3) is 0.615. The lowest BCUT2D eigenvalue weighted by molar-refractivity contribution is -0.384. The van der Waals surface area contributed by atoms with Crippen LogP contribution in [0.1, 0.15) is 12.8 Å². The van der Waals surface area contributed by atoms with E-state index < -0.39 is 0 Å². The Bertz CT molecular complexity index is 513. The molecule has 1 aliphatic heterocycles. The van der Waals surface area contributed by atoms with E-state index in [1.807, 2.05) is 4.90 Å². The number of rotatable bonds is 4. The molecule has 7 heteroatoms. The lowest BCUT2D eigenvalue weighted by Crippen LogP contribution is -2.47. The molecule has 1 aromatic rings. The van der Waals surface area contributed by atoms with Crippen LogP contribution in [-0.2, 0) is 0 Å². The van der Waals surface area contributed by atoms with Crippen molar-refractivity contribution in [3.63, 3.8) is 0 Å². The van der Waals surface area contributed by atoms with Crippen LogP contribution < -0.4 is 4.90 Å². The monoisotopic (exact) mass is 340 g/mol. The van der Waals surface area contributed by atoms with Crippen LogP contribution in [-0.4, -0.2) is 47.5 Å². The van der Waals surface area contributed by atoms with E-state index in [0.717, 1.165) is 32.1 Å². The molecule has 108 valence electrons. The number of hydrogen-bond donors (Lipinski definition) is 0. The van der Waals surface area contributed by atoms with Crippen molar-refractivity contribution in [2.24, 2.45) is 5.92 Å². The molecule has 2 heterocycles. The molecule has 1 aromatic heterocycles. The third kappa shape index (κ3) is 3.09. The zero-order chi connectivity index (χ0) is 14.1. The minimum atomic E-state index is -0.357. The minimum Gasteiger partial charge on any atom is -0.348 e. The molecule has 3 rings (SSSR count). The molecule has 0 unspecified atom stereocenters. The van der Waals surface area contributed by atoms with Crippen LogP contribution in [0.4, 0.5) is 11.5 Å². The van der Waals surface area contributed by atoms with E-state index in [-0.39, 0.29) is 10.6 Å². The average molecular weight is 341 g/mol. The van der Waals surface area contributed by atoms with Crippen molar-refractivity contribution in [3.8, 4) is 0 Å². The standard InChI is InChI=1S/C13H17BrN4O2/c14-11-7-12(18(19)20)13(15-8-11)17-5-3-16(4-6-17)9-10-1-2-10/h7-8,10H,1-6,9H2. The summed E-state index contributed by atoms with van der Waals surface area (Å²) in [4.78, 5) is 19.5. The van der Waals surface area contributed by atoms with Gasteiger partial charge in [0, 0.05) is 49.5 Å². The van der Waals surface area contributed by atoms with E-state index in [1.54, 1.807) is 6.20 Å². The zero-order valence-corrected chi connectivity index (χ0v) is 12.8. The molecule has 1 aliphatic carbocycles. The van der Waals surface area contributed by atoms with Crippen LogP contribution >= 0.6 is 15.9 Å². The third-order valence-electron chi connectivity index (χ3n) is 3.90. The zero-order valence-electron chi connectivity index (χ0n) is 11.2. The van der Waals surface area contributed by atoms with E-state index in [0.29, 0.717) is 10.3 Å². The van der Waals surface area contributed by atoms with E-state index in [1.165, 1.54) is 25.5 Å². The predicted octanol–water partition coefficient (Wildman–Crippen LogP) is 2.28. The van der Waals surface area contributed by atoms with E-state index in [9.17, 15) is 10.1 Å². The van der Waals surface area contributed by atoms with Gasteiger partial charge in [0.2, 0.25) is 5.82 Å². The highest BCUT2D eigenvalue weighted by molar-refractivity contribution is 9.10. The quantitative estimate of drug-likeness (QED) is 0.621. The molecule has 20 heavy (non-hydrogen) atoms. The van der Waals surface area contributed by atoms with E-state index in [2.05, 4.69) is 25.8 Å². The van der Waals surface area contributed by atoms with Gasteiger partial charge in [-0.05, 0) is 34.7 Å². The van der Waals surface area contributed by atoms with Gasteiger partial charge in [-0.25, -0.2) is 4.98 Å². The maximum Gasteiger partial charge on any atom is 0.312 e. The second-order valence-electron chi connectivity index (χ2n) is 5.48. The Hall–Kier alpha value is -1.21. The summed E-state index contributed by atoms with van der Waals surface area (Å²) in [6.45, 7) is 4.73. The molecule has 1 saturated heterocycles. The maximum absolute atomic E-state index is 11.1. The Balaban J connectivity index is 1.69. The second-order valence-corrected chi connectivity index (χ2v) is 6.40. The SMILES string of the molecule is O=[N+]([O-])c1cc(Br)cnc1N1CCN(CC2CC2)CC1. The van der Waals surface area contributed by atoms with Gasteiger partial charge in [-0.15, -0.1) is 0 Å². The smallest absolute Gasteiger partial charge is 0.312 e.